The van der Waals surface area contributed by atoms with Gasteiger partial charge >= 0.3 is 0 Å². The number of aromatic hydroxyl groups is 1. The number of phenols is 1. The number of benzene rings is 2. The van der Waals surface area contributed by atoms with Crippen molar-refractivity contribution in [3.63, 3.8) is 0 Å². The van der Waals surface area contributed by atoms with Gasteiger partial charge in [0.2, 0.25) is 0 Å². The van der Waals surface area contributed by atoms with Gasteiger partial charge in [-0.25, -0.2) is 8.42 Å². The van der Waals surface area contributed by atoms with E-state index in [0.29, 0.717) is 11.1 Å². The van der Waals surface area contributed by atoms with Crippen LogP contribution in [0.4, 0.5) is 0 Å². The Labute approximate surface area is 165 Å². The van der Waals surface area contributed by atoms with Gasteiger partial charge in [0.15, 0.2) is 9.84 Å². The number of aryl methyl sites for hydroxylation is 1. The highest BCUT2D eigenvalue weighted by molar-refractivity contribution is 7.90. The quantitative estimate of drug-likeness (QED) is 0.611. The van der Waals surface area contributed by atoms with Crippen molar-refractivity contribution in [1.29, 1.82) is 0 Å². The summed E-state index contributed by atoms with van der Waals surface area (Å²) < 4.78 is 25.8. The summed E-state index contributed by atoms with van der Waals surface area (Å²) in [6.45, 7) is 8.16. The van der Waals surface area contributed by atoms with Crippen LogP contribution in [0, 0.1) is 6.92 Å². The minimum atomic E-state index is -3.56. The Morgan fingerprint density at radius 2 is 1.70 bits per heavy atom. The molecule has 1 N–H and O–H groups in total. The van der Waals surface area contributed by atoms with E-state index in [-0.39, 0.29) is 21.8 Å². The summed E-state index contributed by atoms with van der Waals surface area (Å²) in [4.78, 5) is 1.19. The molecule has 1 aromatic heterocycles. The Bertz CT molecular complexity index is 1040. The molecular weight excluding hydrogens is 376 g/mol. The molecular formula is C22H24O3S2. The molecule has 0 aliphatic carbocycles. The molecule has 0 saturated carbocycles. The number of sulfone groups is 1. The third kappa shape index (κ3) is 4.25. The molecule has 5 heteroatoms. The fourth-order valence-electron chi connectivity index (χ4n) is 2.89. The van der Waals surface area contributed by atoms with E-state index in [4.69, 9.17) is 0 Å². The second-order valence-corrected chi connectivity index (χ2v) is 10.8. The van der Waals surface area contributed by atoms with Crippen molar-refractivity contribution < 1.29 is 13.5 Å². The minimum absolute atomic E-state index is 0.0427. The Balaban J connectivity index is 2.12. The first kappa shape index (κ1) is 19.6. The molecule has 0 unspecified atom stereocenters. The minimum Gasteiger partial charge on any atom is -0.507 e. The van der Waals surface area contributed by atoms with Crippen molar-refractivity contribution in [2.24, 2.45) is 0 Å². The first-order chi connectivity index (χ1) is 12.6. The molecule has 0 fully saturated rings. The zero-order chi connectivity index (χ0) is 19.8. The molecule has 3 aromatic rings. The van der Waals surface area contributed by atoms with Crippen molar-refractivity contribution in [3.05, 3.63) is 70.6 Å². The number of rotatable bonds is 4. The molecule has 0 aliphatic rings. The van der Waals surface area contributed by atoms with Crippen LogP contribution in [-0.2, 0) is 21.0 Å². The number of hydrogen-bond acceptors (Lipinski definition) is 4. The molecule has 3 rings (SSSR count). The van der Waals surface area contributed by atoms with Crippen LogP contribution in [0.25, 0.3) is 10.4 Å². The van der Waals surface area contributed by atoms with Gasteiger partial charge in [-0.3, -0.25) is 0 Å². The van der Waals surface area contributed by atoms with Gasteiger partial charge in [-0.1, -0.05) is 50.6 Å². The maximum absolute atomic E-state index is 12.9. The van der Waals surface area contributed by atoms with Crippen molar-refractivity contribution in [1.82, 2.24) is 0 Å². The number of hydrogen-bond donors (Lipinski definition) is 1. The van der Waals surface area contributed by atoms with Crippen molar-refractivity contribution >= 4 is 21.2 Å². The second-order valence-electron chi connectivity index (χ2n) is 7.83. The van der Waals surface area contributed by atoms with Crippen LogP contribution < -0.4 is 0 Å². The SMILES string of the molecule is Cc1ccc(S(=O)(=O)Cc2cc(C(C)(C)C)cc(-c3cccs3)c2O)cc1. The lowest BCUT2D eigenvalue weighted by atomic mass is 9.84. The standard InChI is InChI=1S/C22H24O3S2/c1-15-7-9-18(10-8-15)27(24,25)14-16-12-17(22(2,3)4)13-19(21(16)23)20-6-5-11-26-20/h5-13,23H,14H2,1-4H3. The zero-order valence-corrected chi connectivity index (χ0v) is 17.6. The third-order valence-electron chi connectivity index (χ3n) is 4.57. The summed E-state index contributed by atoms with van der Waals surface area (Å²) in [5.41, 5.74) is 2.96. The van der Waals surface area contributed by atoms with E-state index in [2.05, 4.69) is 20.8 Å². The van der Waals surface area contributed by atoms with E-state index in [0.717, 1.165) is 16.0 Å². The Morgan fingerprint density at radius 1 is 1.04 bits per heavy atom. The van der Waals surface area contributed by atoms with Gasteiger partial charge < -0.3 is 5.11 Å². The highest BCUT2D eigenvalue weighted by atomic mass is 32.2. The van der Waals surface area contributed by atoms with Gasteiger partial charge in [0, 0.05) is 16.0 Å². The summed E-state index contributed by atoms with van der Waals surface area (Å²) in [6.07, 6.45) is 0. The predicted octanol–water partition coefficient (Wildman–Crippen LogP) is 5.70. The van der Waals surface area contributed by atoms with Gasteiger partial charge in [-0.05, 0) is 47.5 Å². The van der Waals surface area contributed by atoms with Gasteiger partial charge in [-0.2, -0.15) is 0 Å². The van der Waals surface area contributed by atoms with E-state index in [9.17, 15) is 13.5 Å². The monoisotopic (exact) mass is 400 g/mol. The Kier molecular flexibility index (Phi) is 5.19. The van der Waals surface area contributed by atoms with E-state index >= 15 is 0 Å². The fraction of sp³-hybridized carbons (Fsp3) is 0.273. The molecule has 2 aromatic carbocycles. The summed E-state index contributed by atoms with van der Waals surface area (Å²) in [6, 6.07) is 14.5. The van der Waals surface area contributed by atoms with Crippen LogP contribution in [0.3, 0.4) is 0 Å². The average molecular weight is 401 g/mol. The van der Waals surface area contributed by atoms with Crippen LogP contribution in [0.1, 0.15) is 37.5 Å². The van der Waals surface area contributed by atoms with Gasteiger partial charge in [0.05, 0.1) is 10.6 Å². The molecule has 0 spiro atoms. The molecule has 0 atom stereocenters. The molecule has 0 bridgehead atoms. The molecule has 1 heterocycles. The van der Waals surface area contributed by atoms with Crippen LogP contribution in [0.15, 0.2) is 58.8 Å². The fourth-order valence-corrected chi connectivity index (χ4v) is 4.98. The van der Waals surface area contributed by atoms with Gasteiger partial charge in [-0.15, -0.1) is 11.3 Å². The summed E-state index contributed by atoms with van der Waals surface area (Å²) in [5.74, 6) is -0.189. The highest BCUT2D eigenvalue weighted by Crippen LogP contribution is 2.40. The van der Waals surface area contributed by atoms with Crippen LogP contribution >= 0.6 is 11.3 Å². The van der Waals surface area contributed by atoms with Gasteiger partial charge in [0.1, 0.15) is 5.75 Å². The topological polar surface area (TPSA) is 54.4 Å². The number of phenolic OH excluding ortho intramolecular Hbond substituents is 1. The molecule has 0 saturated heterocycles. The molecule has 142 valence electrons. The Morgan fingerprint density at radius 3 is 2.26 bits per heavy atom. The Hall–Kier alpha value is -2.11. The van der Waals surface area contributed by atoms with E-state index < -0.39 is 9.84 Å². The number of thiophene rings is 1. The first-order valence-corrected chi connectivity index (χ1v) is 11.3. The normalized spacial score (nSPS) is 12.3. The van der Waals surface area contributed by atoms with Gasteiger partial charge in [0.25, 0.3) is 0 Å². The van der Waals surface area contributed by atoms with Crippen molar-refractivity contribution in [3.8, 4) is 16.2 Å². The summed E-state index contributed by atoms with van der Waals surface area (Å²) >= 11 is 1.52. The van der Waals surface area contributed by atoms with E-state index in [1.54, 1.807) is 24.3 Å². The second kappa shape index (κ2) is 7.13. The van der Waals surface area contributed by atoms with E-state index in [1.165, 1.54) is 11.3 Å². The summed E-state index contributed by atoms with van der Waals surface area (Å²) in [7, 11) is -3.56. The lowest BCUT2D eigenvalue weighted by Crippen LogP contribution is -2.13. The maximum Gasteiger partial charge on any atom is 0.182 e. The zero-order valence-electron chi connectivity index (χ0n) is 16.0. The largest absolute Gasteiger partial charge is 0.507 e. The first-order valence-electron chi connectivity index (χ1n) is 8.77. The molecule has 0 aliphatic heterocycles. The van der Waals surface area contributed by atoms with Crippen molar-refractivity contribution in [2.75, 3.05) is 0 Å². The maximum atomic E-state index is 12.9. The lowest BCUT2D eigenvalue weighted by Gasteiger charge is -2.22. The average Bonchev–Trinajstić information content (AvgIpc) is 3.10. The highest BCUT2D eigenvalue weighted by Gasteiger charge is 2.24. The molecule has 3 nitrogen and oxygen atoms in total. The smallest absolute Gasteiger partial charge is 0.182 e. The predicted molar refractivity (Wildman–Crippen MR) is 112 cm³/mol. The lowest BCUT2D eigenvalue weighted by molar-refractivity contribution is 0.470. The molecule has 27 heavy (non-hydrogen) atoms. The van der Waals surface area contributed by atoms with Crippen molar-refractivity contribution in [2.45, 2.75) is 43.8 Å². The van der Waals surface area contributed by atoms with E-state index in [1.807, 2.05) is 36.6 Å². The van der Waals surface area contributed by atoms with Crippen LogP contribution in [-0.4, -0.2) is 13.5 Å². The van der Waals surface area contributed by atoms with Crippen LogP contribution in [0.2, 0.25) is 0 Å². The van der Waals surface area contributed by atoms with Crippen LogP contribution in [0.5, 0.6) is 5.75 Å². The summed E-state index contributed by atoms with van der Waals surface area (Å²) in [5, 5.41) is 12.8. The third-order valence-corrected chi connectivity index (χ3v) is 7.15. The molecule has 0 radical (unpaired) electrons. The molecule has 0 amide bonds.